The first kappa shape index (κ1) is 13.3. The van der Waals surface area contributed by atoms with Gasteiger partial charge in [0, 0.05) is 19.5 Å². The average molecular weight is 258 g/mol. The molecule has 1 fully saturated rings. The van der Waals surface area contributed by atoms with Gasteiger partial charge in [-0.05, 0) is 18.1 Å². The first-order valence-electron chi connectivity index (χ1n) is 6.47. The van der Waals surface area contributed by atoms with Gasteiger partial charge < -0.3 is 10.2 Å². The third-order valence-electron chi connectivity index (χ3n) is 3.28. The molecule has 19 heavy (non-hydrogen) atoms. The van der Waals surface area contributed by atoms with Crippen LogP contribution in [0.1, 0.15) is 12.0 Å². The van der Waals surface area contributed by atoms with E-state index in [4.69, 9.17) is 0 Å². The number of hydrogen-bond acceptors (Lipinski definition) is 2. The average Bonchev–Trinajstić information content (AvgIpc) is 2.62. The van der Waals surface area contributed by atoms with Crippen molar-refractivity contribution in [1.82, 2.24) is 10.2 Å². The molecular formula is C15H18N2O2. The number of carbonyl (C=O) groups is 2. The Balaban J connectivity index is 2.22. The number of benzene rings is 1. The summed E-state index contributed by atoms with van der Waals surface area (Å²) < 4.78 is 0. The van der Waals surface area contributed by atoms with Gasteiger partial charge in [-0.15, -0.1) is 0 Å². The van der Waals surface area contributed by atoms with Crippen LogP contribution < -0.4 is 5.32 Å². The lowest BCUT2D eigenvalue weighted by Gasteiger charge is -2.27. The zero-order chi connectivity index (χ0) is 13.7. The normalized spacial score (nSPS) is 19.5. The van der Waals surface area contributed by atoms with Crippen LogP contribution in [-0.4, -0.2) is 35.8 Å². The van der Waals surface area contributed by atoms with Crippen LogP contribution in [0.25, 0.3) is 0 Å². The highest BCUT2D eigenvalue weighted by Crippen LogP contribution is 2.13. The smallest absolute Gasteiger partial charge is 0.246 e. The molecule has 1 atom stereocenters. The summed E-state index contributed by atoms with van der Waals surface area (Å²) in [4.78, 5) is 25.6. The van der Waals surface area contributed by atoms with Crippen molar-refractivity contribution < 1.29 is 9.59 Å². The molecule has 0 spiro atoms. The highest BCUT2D eigenvalue weighted by molar-refractivity contribution is 5.93. The number of amides is 2. The minimum absolute atomic E-state index is 0.0865. The van der Waals surface area contributed by atoms with Gasteiger partial charge in [0.1, 0.15) is 6.04 Å². The summed E-state index contributed by atoms with van der Waals surface area (Å²) in [7, 11) is 0. The van der Waals surface area contributed by atoms with Crippen LogP contribution in [0, 0.1) is 0 Å². The van der Waals surface area contributed by atoms with E-state index in [-0.39, 0.29) is 11.8 Å². The van der Waals surface area contributed by atoms with Gasteiger partial charge in [0.25, 0.3) is 0 Å². The lowest BCUT2D eigenvalue weighted by atomic mass is 10.0. The zero-order valence-corrected chi connectivity index (χ0v) is 10.8. The van der Waals surface area contributed by atoms with E-state index in [1.807, 2.05) is 30.3 Å². The fourth-order valence-electron chi connectivity index (χ4n) is 2.30. The third kappa shape index (κ3) is 3.22. The monoisotopic (exact) mass is 258 g/mol. The highest BCUT2D eigenvalue weighted by Gasteiger charge is 2.30. The van der Waals surface area contributed by atoms with E-state index in [9.17, 15) is 9.59 Å². The van der Waals surface area contributed by atoms with E-state index >= 15 is 0 Å². The summed E-state index contributed by atoms with van der Waals surface area (Å²) in [5.74, 6) is -0.269. The molecule has 2 rings (SSSR count). The maximum Gasteiger partial charge on any atom is 0.246 e. The molecule has 1 heterocycles. The number of nitrogens with zero attached hydrogens (tertiary/aromatic N) is 1. The van der Waals surface area contributed by atoms with Crippen molar-refractivity contribution in [3.05, 3.63) is 48.6 Å². The van der Waals surface area contributed by atoms with Crippen molar-refractivity contribution in [3.8, 4) is 0 Å². The van der Waals surface area contributed by atoms with Crippen molar-refractivity contribution in [2.24, 2.45) is 0 Å². The molecule has 1 saturated heterocycles. The van der Waals surface area contributed by atoms with E-state index in [1.54, 1.807) is 4.90 Å². The SMILES string of the molecule is C=CC(=O)N1CCCNC(=O)C1Cc1ccccc1. The quantitative estimate of drug-likeness (QED) is 0.826. The predicted octanol–water partition coefficient (Wildman–Crippen LogP) is 1.13. The molecule has 0 saturated carbocycles. The highest BCUT2D eigenvalue weighted by atomic mass is 16.2. The Morgan fingerprint density at radius 1 is 1.42 bits per heavy atom. The molecule has 4 nitrogen and oxygen atoms in total. The minimum atomic E-state index is -0.449. The van der Waals surface area contributed by atoms with Crippen LogP contribution in [0.5, 0.6) is 0 Å². The van der Waals surface area contributed by atoms with E-state index in [1.165, 1.54) is 6.08 Å². The summed E-state index contributed by atoms with van der Waals surface area (Å²) in [6.07, 6.45) is 2.58. The molecule has 1 aliphatic heterocycles. The number of hydrogen-bond donors (Lipinski definition) is 1. The topological polar surface area (TPSA) is 49.4 Å². The number of nitrogens with one attached hydrogen (secondary N) is 1. The van der Waals surface area contributed by atoms with E-state index in [2.05, 4.69) is 11.9 Å². The van der Waals surface area contributed by atoms with Crippen molar-refractivity contribution >= 4 is 11.8 Å². The van der Waals surface area contributed by atoms with E-state index in [0.29, 0.717) is 19.5 Å². The van der Waals surface area contributed by atoms with Crippen LogP contribution >= 0.6 is 0 Å². The lowest BCUT2D eigenvalue weighted by Crippen LogP contribution is -2.47. The summed E-state index contributed by atoms with van der Waals surface area (Å²) in [5, 5.41) is 2.86. The Hall–Kier alpha value is -2.10. The predicted molar refractivity (Wildman–Crippen MR) is 73.5 cm³/mol. The minimum Gasteiger partial charge on any atom is -0.354 e. The van der Waals surface area contributed by atoms with Crippen LogP contribution in [0.4, 0.5) is 0 Å². The third-order valence-corrected chi connectivity index (χ3v) is 3.28. The second-order valence-corrected chi connectivity index (χ2v) is 4.59. The molecule has 1 aromatic rings. The fraction of sp³-hybridized carbons (Fsp3) is 0.333. The molecule has 0 bridgehead atoms. The van der Waals surface area contributed by atoms with Crippen LogP contribution in [0.3, 0.4) is 0 Å². The van der Waals surface area contributed by atoms with Crippen molar-refractivity contribution in [2.75, 3.05) is 13.1 Å². The van der Waals surface area contributed by atoms with Gasteiger partial charge in [0.2, 0.25) is 11.8 Å². The van der Waals surface area contributed by atoms with Crippen LogP contribution in [-0.2, 0) is 16.0 Å². The largest absolute Gasteiger partial charge is 0.354 e. The lowest BCUT2D eigenvalue weighted by molar-refractivity contribution is -0.135. The first-order chi connectivity index (χ1) is 9.22. The Labute approximate surface area is 113 Å². The number of carbonyl (C=O) groups excluding carboxylic acids is 2. The summed E-state index contributed by atoms with van der Waals surface area (Å²) in [6, 6.07) is 9.29. The van der Waals surface area contributed by atoms with Gasteiger partial charge in [-0.1, -0.05) is 36.9 Å². The zero-order valence-electron chi connectivity index (χ0n) is 10.8. The van der Waals surface area contributed by atoms with Crippen LogP contribution in [0.2, 0.25) is 0 Å². The van der Waals surface area contributed by atoms with Gasteiger partial charge >= 0.3 is 0 Å². The second kappa shape index (κ2) is 6.18. The summed E-state index contributed by atoms with van der Waals surface area (Å²) in [5.41, 5.74) is 1.05. The van der Waals surface area contributed by atoms with E-state index < -0.39 is 6.04 Å². The molecule has 100 valence electrons. The number of rotatable bonds is 3. The van der Waals surface area contributed by atoms with Gasteiger partial charge in [-0.25, -0.2) is 0 Å². The van der Waals surface area contributed by atoms with Gasteiger partial charge in [-0.2, -0.15) is 0 Å². The van der Waals surface area contributed by atoms with Gasteiger partial charge in [-0.3, -0.25) is 9.59 Å². The molecule has 4 heteroatoms. The Morgan fingerprint density at radius 2 is 2.16 bits per heavy atom. The molecule has 0 aromatic heterocycles. The van der Waals surface area contributed by atoms with Crippen LogP contribution in [0.15, 0.2) is 43.0 Å². The molecule has 2 amide bonds. The van der Waals surface area contributed by atoms with Crippen molar-refractivity contribution in [1.29, 1.82) is 0 Å². The van der Waals surface area contributed by atoms with E-state index in [0.717, 1.165) is 12.0 Å². The molecule has 1 unspecified atom stereocenters. The molecular weight excluding hydrogens is 240 g/mol. The second-order valence-electron chi connectivity index (χ2n) is 4.59. The molecule has 0 radical (unpaired) electrons. The molecule has 1 N–H and O–H groups in total. The maximum atomic E-state index is 12.1. The maximum absolute atomic E-state index is 12.1. The fourth-order valence-corrected chi connectivity index (χ4v) is 2.30. The van der Waals surface area contributed by atoms with Gasteiger partial charge in [0.05, 0.1) is 0 Å². The van der Waals surface area contributed by atoms with Crippen molar-refractivity contribution in [2.45, 2.75) is 18.9 Å². The Morgan fingerprint density at radius 3 is 2.84 bits per heavy atom. The molecule has 1 aromatic carbocycles. The Bertz CT molecular complexity index is 470. The first-order valence-corrected chi connectivity index (χ1v) is 6.47. The molecule has 1 aliphatic rings. The molecule has 0 aliphatic carbocycles. The summed E-state index contributed by atoms with van der Waals surface area (Å²) >= 11 is 0. The Kier molecular flexibility index (Phi) is 4.34. The standard InChI is InChI=1S/C15H18N2O2/c1-2-14(18)17-10-6-9-16-15(19)13(17)11-12-7-4-3-5-8-12/h2-5,7-8,13H,1,6,9-11H2,(H,16,19). The summed E-state index contributed by atoms with van der Waals surface area (Å²) in [6.45, 7) is 4.71. The van der Waals surface area contributed by atoms with Gasteiger partial charge in [0.15, 0.2) is 0 Å². The van der Waals surface area contributed by atoms with Crippen molar-refractivity contribution in [3.63, 3.8) is 0 Å².